The van der Waals surface area contributed by atoms with Crippen molar-refractivity contribution in [3.05, 3.63) is 29.8 Å². The molecule has 0 aliphatic carbocycles. The van der Waals surface area contributed by atoms with Crippen molar-refractivity contribution in [1.82, 2.24) is 4.90 Å². The van der Waals surface area contributed by atoms with Crippen LogP contribution in [0.15, 0.2) is 24.3 Å². The topological polar surface area (TPSA) is 88.9 Å². The lowest BCUT2D eigenvalue weighted by Gasteiger charge is -2.24. The summed E-state index contributed by atoms with van der Waals surface area (Å²) in [5.74, 6) is -0.110. The Hall–Kier alpha value is -2.75. The summed E-state index contributed by atoms with van der Waals surface area (Å²) in [7, 11) is 0. The number of hydrogen-bond acceptors (Lipinski definition) is 6. The fourth-order valence-electron chi connectivity index (χ4n) is 3.21. The van der Waals surface area contributed by atoms with Crippen LogP contribution in [-0.4, -0.2) is 48.9 Å². The Morgan fingerprint density at radius 2 is 1.89 bits per heavy atom. The molecular formula is C21H28N2O5. The second kappa shape index (κ2) is 9.45. The van der Waals surface area contributed by atoms with Crippen molar-refractivity contribution in [2.24, 2.45) is 11.8 Å². The molecular weight excluding hydrogens is 360 g/mol. The van der Waals surface area contributed by atoms with E-state index in [1.807, 2.05) is 39.0 Å². The highest BCUT2D eigenvalue weighted by atomic mass is 16.6. The third-order valence-electron chi connectivity index (χ3n) is 4.41. The van der Waals surface area contributed by atoms with Gasteiger partial charge in [-0.25, -0.2) is 4.79 Å². The fraction of sp³-hybridized carbons (Fsp3) is 0.571. The molecule has 0 saturated carbocycles. The van der Waals surface area contributed by atoms with Crippen LogP contribution in [0.2, 0.25) is 0 Å². The fourth-order valence-corrected chi connectivity index (χ4v) is 3.21. The normalized spacial score (nSPS) is 19.0. The summed E-state index contributed by atoms with van der Waals surface area (Å²) in [6.07, 6.45) is 0.214. The Balaban J connectivity index is 2.09. The number of nitrogens with zero attached hydrogens (tertiary/aromatic N) is 2. The smallest absolute Gasteiger partial charge is 0.410 e. The molecule has 1 saturated heterocycles. The summed E-state index contributed by atoms with van der Waals surface area (Å²) in [5, 5.41) is 8.58. The predicted molar refractivity (Wildman–Crippen MR) is 103 cm³/mol. The molecule has 1 aliphatic rings. The zero-order chi connectivity index (χ0) is 20.7. The molecule has 0 bridgehead atoms. The molecule has 0 aromatic heterocycles. The number of esters is 1. The molecule has 0 radical (unpaired) electrons. The molecule has 28 heavy (non-hydrogen) atoms. The van der Waals surface area contributed by atoms with Crippen LogP contribution in [0.3, 0.4) is 0 Å². The molecule has 1 fully saturated rings. The van der Waals surface area contributed by atoms with Crippen molar-refractivity contribution >= 4 is 12.1 Å². The largest absolute Gasteiger partial charge is 0.479 e. The summed E-state index contributed by atoms with van der Waals surface area (Å²) in [6.45, 7) is 8.25. The molecule has 1 aromatic carbocycles. The number of rotatable bonds is 6. The summed E-state index contributed by atoms with van der Waals surface area (Å²) < 4.78 is 15.9. The quantitative estimate of drug-likeness (QED) is 0.696. The van der Waals surface area contributed by atoms with Gasteiger partial charge in [-0.15, -0.1) is 0 Å². The maximum atomic E-state index is 12.4. The first-order valence-electron chi connectivity index (χ1n) is 9.46. The van der Waals surface area contributed by atoms with E-state index in [-0.39, 0.29) is 24.4 Å². The van der Waals surface area contributed by atoms with Crippen molar-refractivity contribution < 1.29 is 23.8 Å². The Labute approximate surface area is 166 Å². The van der Waals surface area contributed by atoms with Crippen LogP contribution in [-0.2, 0) is 20.7 Å². The molecule has 1 aliphatic heterocycles. The van der Waals surface area contributed by atoms with Crippen molar-refractivity contribution in [3.8, 4) is 11.8 Å². The van der Waals surface area contributed by atoms with E-state index in [1.54, 1.807) is 24.0 Å². The highest BCUT2D eigenvalue weighted by Crippen LogP contribution is 2.30. The van der Waals surface area contributed by atoms with Gasteiger partial charge >= 0.3 is 12.1 Å². The summed E-state index contributed by atoms with van der Waals surface area (Å²) >= 11 is 0. The molecule has 2 atom stereocenters. The van der Waals surface area contributed by atoms with E-state index < -0.39 is 11.7 Å². The van der Waals surface area contributed by atoms with Crippen LogP contribution in [0.5, 0.6) is 5.75 Å². The van der Waals surface area contributed by atoms with Gasteiger partial charge in [-0.3, -0.25) is 4.79 Å². The summed E-state index contributed by atoms with van der Waals surface area (Å²) in [5.41, 5.74) is 0.433. The first kappa shape index (κ1) is 21.5. The minimum Gasteiger partial charge on any atom is -0.479 e. The van der Waals surface area contributed by atoms with Crippen molar-refractivity contribution in [3.63, 3.8) is 0 Å². The number of nitriles is 1. The van der Waals surface area contributed by atoms with Crippen LogP contribution in [0.25, 0.3) is 0 Å². The molecule has 1 amide bonds. The molecule has 0 unspecified atom stereocenters. The van der Waals surface area contributed by atoms with Crippen LogP contribution in [0.4, 0.5) is 4.79 Å². The zero-order valence-corrected chi connectivity index (χ0v) is 16.9. The average Bonchev–Trinajstić information content (AvgIpc) is 3.04. The van der Waals surface area contributed by atoms with Crippen LogP contribution in [0.1, 0.15) is 33.3 Å². The number of ether oxygens (including phenoxy) is 3. The van der Waals surface area contributed by atoms with Crippen LogP contribution in [0, 0.1) is 23.2 Å². The number of benzene rings is 1. The third kappa shape index (κ3) is 6.15. The van der Waals surface area contributed by atoms with Gasteiger partial charge in [-0.2, -0.15) is 5.26 Å². The van der Waals surface area contributed by atoms with E-state index in [4.69, 9.17) is 19.5 Å². The minimum atomic E-state index is -0.589. The van der Waals surface area contributed by atoms with Crippen molar-refractivity contribution in [1.29, 1.82) is 5.26 Å². The Bertz CT molecular complexity index is 718. The number of carbonyl (C=O) groups excluding carboxylic acids is 2. The van der Waals surface area contributed by atoms with E-state index in [1.165, 1.54) is 0 Å². The molecule has 7 nitrogen and oxygen atoms in total. The average molecular weight is 388 g/mol. The van der Waals surface area contributed by atoms with Gasteiger partial charge in [0.1, 0.15) is 17.4 Å². The number of likely N-dealkylation sites (tertiary alicyclic amines) is 1. The van der Waals surface area contributed by atoms with Gasteiger partial charge in [0.05, 0.1) is 12.5 Å². The van der Waals surface area contributed by atoms with E-state index >= 15 is 0 Å². The van der Waals surface area contributed by atoms with Gasteiger partial charge in [0, 0.05) is 13.1 Å². The van der Waals surface area contributed by atoms with Gasteiger partial charge in [-0.05, 0) is 57.7 Å². The first-order chi connectivity index (χ1) is 13.2. The molecule has 0 N–H and O–H groups in total. The van der Waals surface area contributed by atoms with E-state index in [0.717, 1.165) is 5.56 Å². The molecule has 1 aromatic rings. The monoisotopic (exact) mass is 388 g/mol. The maximum absolute atomic E-state index is 12.4. The van der Waals surface area contributed by atoms with Gasteiger partial charge in [0.15, 0.2) is 6.61 Å². The third-order valence-corrected chi connectivity index (χ3v) is 4.41. The van der Waals surface area contributed by atoms with Crippen molar-refractivity contribution in [2.75, 3.05) is 26.3 Å². The molecule has 0 spiro atoms. The molecule has 152 valence electrons. The number of amides is 1. The van der Waals surface area contributed by atoms with Crippen LogP contribution < -0.4 is 4.74 Å². The standard InChI is InChI=1S/C21H28N2O5/c1-5-26-19(24)18-14-23(20(25)28-21(2,3)4)13-16(18)12-15-6-8-17(9-7-15)27-11-10-22/h6-9,16,18H,5,11-14H2,1-4H3/t16-,18+/m1/s1. The lowest BCUT2D eigenvalue weighted by Crippen LogP contribution is -2.36. The Kier molecular flexibility index (Phi) is 7.27. The molecule has 7 heteroatoms. The second-order valence-electron chi connectivity index (χ2n) is 7.80. The molecule has 2 rings (SSSR count). The zero-order valence-electron chi connectivity index (χ0n) is 16.9. The van der Waals surface area contributed by atoms with E-state index in [0.29, 0.717) is 31.9 Å². The summed E-state index contributed by atoms with van der Waals surface area (Å²) in [4.78, 5) is 26.4. The van der Waals surface area contributed by atoms with Crippen LogP contribution >= 0.6 is 0 Å². The van der Waals surface area contributed by atoms with Gasteiger partial charge in [-0.1, -0.05) is 12.1 Å². The number of hydrogen-bond donors (Lipinski definition) is 0. The van der Waals surface area contributed by atoms with Crippen molar-refractivity contribution in [2.45, 2.75) is 39.7 Å². The highest BCUT2D eigenvalue weighted by Gasteiger charge is 2.41. The lowest BCUT2D eigenvalue weighted by atomic mass is 9.90. The van der Waals surface area contributed by atoms with E-state index in [2.05, 4.69) is 0 Å². The minimum absolute atomic E-state index is 0.00223. The van der Waals surface area contributed by atoms with E-state index in [9.17, 15) is 9.59 Å². The predicted octanol–water partition coefficient (Wildman–Crippen LogP) is 3.18. The SMILES string of the molecule is CCOC(=O)[C@H]1CN(C(=O)OC(C)(C)C)C[C@H]1Cc1ccc(OCC#N)cc1. The van der Waals surface area contributed by atoms with Gasteiger partial charge in [0.25, 0.3) is 0 Å². The number of carbonyl (C=O) groups is 2. The lowest BCUT2D eigenvalue weighted by molar-refractivity contribution is -0.148. The Morgan fingerprint density at radius 3 is 2.46 bits per heavy atom. The first-order valence-corrected chi connectivity index (χ1v) is 9.46. The molecule has 1 heterocycles. The Morgan fingerprint density at radius 1 is 1.21 bits per heavy atom. The maximum Gasteiger partial charge on any atom is 0.410 e. The van der Waals surface area contributed by atoms with Gasteiger partial charge < -0.3 is 19.1 Å². The summed E-state index contributed by atoms with van der Waals surface area (Å²) in [6, 6.07) is 9.34. The van der Waals surface area contributed by atoms with Gasteiger partial charge in [0.2, 0.25) is 0 Å². The highest BCUT2D eigenvalue weighted by molar-refractivity contribution is 5.76. The second-order valence-corrected chi connectivity index (χ2v) is 7.80.